The molecule has 0 aliphatic rings. The number of hydrogen-bond donors (Lipinski definition) is 0. The van der Waals surface area contributed by atoms with Crippen molar-refractivity contribution in [3.05, 3.63) is 0 Å². The first-order valence-corrected chi connectivity index (χ1v) is 4.62. The molecule has 0 aromatic heterocycles. The van der Waals surface area contributed by atoms with Gasteiger partial charge in [0, 0.05) is 5.90 Å². The van der Waals surface area contributed by atoms with Gasteiger partial charge in [-0.15, -0.1) is 0 Å². The van der Waals surface area contributed by atoms with Crippen LogP contribution in [0.4, 0.5) is 0 Å². The highest BCUT2D eigenvalue weighted by Crippen LogP contribution is 1.96. The summed E-state index contributed by atoms with van der Waals surface area (Å²) in [5, 5.41) is 10.4. The summed E-state index contributed by atoms with van der Waals surface area (Å²) in [6, 6.07) is 0. The van der Waals surface area contributed by atoms with E-state index in [1.54, 1.807) is 0 Å². The molecule has 2 nitrogen and oxygen atoms in total. The molecule has 0 rings (SSSR count). The van der Waals surface area contributed by atoms with Gasteiger partial charge in [-0.1, -0.05) is 4.40 Å². The van der Waals surface area contributed by atoms with Crippen molar-refractivity contribution < 1.29 is 5.11 Å². The zero-order chi connectivity index (χ0) is 7.28. The zero-order valence-corrected chi connectivity index (χ0v) is 6.99. The van der Waals surface area contributed by atoms with Gasteiger partial charge in [0.05, 0.1) is 0 Å². The third-order valence-corrected chi connectivity index (χ3v) is 2.77. The fourth-order valence-corrected chi connectivity index (χ4v) is 1.55. The van der Waals surface area contributed by atoms with Gasteiger partial charge < -0.3 is 5.11 Å². The van der Waals surface area contributed by atoms with Gasteiger partial charge in [-0.05, 0) is 20.8 Å². The molecule has 0 fully saturated rings. The lowest BCUT2D eigenvalue weighted by Crippen LogP contribution is -2.16. The number of nitrogens with zero attached hydrogens (tertiary/aromatic N) is 1. The minimum atomic E-state index is -0.0398. The lowest BCUT2D eigenvalue weighted by Gasteiger charge is -2.00. The van der Waals surface area contributed by atoms with Crippen LogP contribution in [0.2, 0.25) is 0 Å². The van der Waals surface area contributed by atoms with Gasteiger partial charge in [0.15, 0.2) is 0 Å². The van der Waals surface area contributed by atoms with Crippen molar-refractivity contribution in [2.24, 2.45) is 4.40 Å². The Bertz CT molecular complexity index is 95.2. The second-order valence-electron chi connectivity index (χ2n) is 1.65. The second kappa shape index (κ2) is 4.68. The zero-order valence-electron chi connectivity index (χ0n) is 6.18. The molecule has 0 aliphatic heterocycles. The van der Waals surface area contributed by atoms with Crippen LogP contribution in [-0.4, -0.2) is 17.4 Å². The number of rotatable bonds is 3. The highest BCUT2D eigenvalue weighted by Gasteiger charge is 2.07. The van der Waals surface area contributed by atoms with Crippen LogP contribution >= 0.6 is 0 Å². The molecule has 0 saturated heterocycles. The molecule has 0 spiro atoms. The maximum atomic E-state index is 10.4. The first kappa shape index (κ1) is 8.82. The third-order valence-electron chi connectivity index (χ3n) is 0.924. The van der Waals surface area contributed by atoms with Crippen LogP contribution in [0.5, 0.6) is 0 Å². The van der Waals surface area contributed by atoms with Gasteiger partial charge in [0.2, 0.25) is 0 Å². The van der Waals surface area contributed by atoms with Crippen molar-refractivity contribution in [2.75, 3.05) is 11.5 Å². The fraction of sp³-hybridized carbons (Fsp3) is 0.833. The van der Waals surface area contributed by atoms with E-state index >= 15 is 0 Å². The molecule has 3 heteroatoms. The summed E-state index contributed by atoms with van der Waals surface area (Å²) in [4.78, 5) is 0. The topological polar surface area (TPSA) is 35.4 Å². The molecule has 0 atom stereocenters. The molecule has 0 amide bonds. The maximum Gasteiger partial charge on any atom is 0.132 e. The van der Waals surface area contributed by atoms with Crippen molar-refractivity contribution in [1.29, 1.82) is 0 Å². The van der Waals surface area contributed by atoms with Gasteiger partial charge in [0.1, 0.15) is 22.6 Å². The number of hydrogen-bond acceptors (Lipinski definition) is 2. The van der Waals surface area contributed by atoms with E-state index in [0.717, 1.165) is 11.5 Å². The summed E-state index contributed by atoms with van der Waals surface area (Å²) in [5.41, 5.74) is 0. The van der Waals surface area contributed by atoms with Crippen LogP contribution in [0, 0.1) is 0 Å². The van der Waals surface area contributed by atoms with Crippen LogP contribution in [0.25, 0.3) is 0 Å². The molecular formula is C6H13NOS. The Morgan fingerprint density at radius 2 is 1.89 bits per heavy atom. The standard InChI is InChI=1S/C6H13NOS/c1-4-9(5-2)7-6(3)8/h4-5H2,1-3H3. The highest BCUT2D eigenvalue weighted by atomic mass is 32.2. The van der Waals surface area contributed by atoms with Crippen LogP contribution in [0.15, 0.2) is 4.40 Å². The molecule has 0 bridgehead atoms. The van der Waals surface area contributed by atoms with E-state index in [-0.39, 0.29) is 17.0 Å². The van der Waals surface area contributed by atoms with E-state index in [4.69, 9.17) is 0 Å². The smallest absolute Gasteiger partial charge is 0.132 e. The maximum absolute atomic E-state index is 10.4. The summed E-state index contributed by atoms with van der Waals surface area (Å²) < 4.78 is 3.90. The van der Waals surface area contributed by atoms with E-state index in [1.807, 2.05) is 0 Å². The molecule has 0 saturated carbocycles. The largest absolute Gasteiger partial charge is 0.859 e. The Kier molecular flexibility index (Phi) is 4.58. The molecule has 0 radical (unpaired) electrons. The average Bonchev–Trinajstić information content (AvgIpc) is 1.82. The van der Waals surface area contributed by atoms with Crippen molar-refractivity contribution in [2.45, 2.75) is 20.8 Å². The third kappa shape index (κ3) is 4.33. The predicted octanol–water partition coefficient (Wildman–Crippen LogP) is 0.338. The van der Waals surface area contributed by atoms with Gasteiger partial charge in [-0.2, -0.15) is 0 Å². The van der Waals surface area contributed by atoms with Crippen LogP contribution < -0.4 is 5.11 Å². The van der Waals surface area contributed by atoms with Crippen LogP contribution in [0.1, 0.15) is 20.8 Å². The Morgan fingerprint density at radius 3 is 2.00 bits per heavy atom. The Hall–Kier alpha value is -0.180. The molecule has 0 aromatic carbocycles. The lowest BCUT2D eigenvalue weighted by atomic mass is 10.8. The molecular weight excluding hydrogens is 134 g/mol. The molecule has 0 unspecified atom stereocenters. The molecule has 0 aromatic rings. The Morgan fingerprint density at radius 1 is 1.44 bits per heavy atom. The van der Waals surface area contributed by atoms with Crippen LogP contribution in [0.3, 0.4) is 0 Å². The quantitative estimate of drug-likeness (QED) is 0.322. The van der Waals surface area contributed by atoms with Gasteiger partial charge in [-0.3, -0.25) is 0 Å². The van der Waals surface area contributed by atoms with Gasteiger partial charge >= 0.3 is 0 Å². The monoisotopic (exact) mass is 147 g/mol. The first-order chi connectivity index (χ1) is 4.20. The summed E-state index contributed by atoms with van der Waals surface area (Å²) >= 11 is 0.00694. The summed E-state index contributed by atoms with van der Waals surface area (Å²) in [6.07, 6.45) is 0. The van der Waals surface area contributed by atoms with E-state index in [9.17, 15) is 5.11 Å². The molecule has 54 valence electrons. The highest BCUT2D eigenvalue weighted by molar-refractivity contribution is 7.95. The summed E-state index contributed by atoms with van der Waals surface area (Å²) in [6.45, 7) is 5.61. The Balaban J connectivity index is 3.68. The van der Waals surface area contributed by atoms with E-state index < -0.39 is 0 Å². The molecule has 0 aliphatic carbocycles. The minimum absolute atomic E-state index is 0.00694. The fourth-order valence-electron chi connectivity index (χ4n) is 0.515. The van der Waals surface area contributed by atoms with Crippen molar-refractivity contribution >= 4 is 17.0 Å². The van der Waals surface area contributed by atoms with Crippen molar-refractivity contribution in [1.82, 2.24) is 0 Å². The molecule has 0 heterocycles. The Labute approximate surface area is 59.5 Å². The van der Waals surface area contributed by atoms with E-state index in [2.05, 4.69) is 18.2 Å². The van der Waals surface area contributed by atoms with E-state index in [0.29, 0.717) is 0 Å². The summed E-state index contributed by atoms with van der Waals surface area (Å²) in [5.74, 6) is 1.95. The minimum Gasteiger partial charge on any atom is -0.859 e. The van der Waals surface area contributed by atoms with Gasteiger partial charge in [-0.25, -0.2) is 0 Å². The van der Waals surface area contributed by atoms with Crippen molar-refractivity contribution in [3.63, 3.8) is 0 Å². The normalized spacial score (nSPS) is 12.7. The predicted molar refractivity (Wildman–Crippen MR) is 41.6 cm³/mol. The molecule has 0 N–H and O–H groups in total. The average molecular weight is 147 g/mol. The second-order valence-corrected chi connectivity index (χ2v) is 3.91. The summed E-state index contributed by atoms with van der Waals surface area (Å²) in [7, 11) is 0. The van der Waals surface area contributed by atoms with E-state index in [1.165, 1.54) is 6.92 Å². The van der Waals surface area contributed by atoms with Crippen molar-refractivity contribution in [3.8, 4) is 0 Å². The lowest BCUT2D eigenvalue weighted by molar-refractivity contribution is -0.215. The van der Waals surface area contributed by atoms with Crippen LogP contribution in [-0.2, 0) is 11.1 Å². The first-order valence-electron chi connectivity index (χ1n) is 3.10. The van der Waals surface area contributed by atoms with Gasteiger partial charge in [0.25, 0.3) is 0 Å². The SMILES string of the molecule is CC[S+](CC)/N=C(/C)[O-]. The molecule has 9 heavy (non-hydrogen) atoms.